The summed E-state index contributed by atoms with van der Waals surface area (Å²) in [6.45, 7) is 0. The summed E-state index contributed by atoms with van der Waals surface area (Å²) in [5, 5.41) is 12.8. The van der Waals surface area contributed by atoms with Crippen LogP contribution in [0.15, 0.2) is 33.3 Å². The molecule has 2 aromatic rings. The predicted octanol–water partition coefficient (Wildman–Crippen LogP) is 3.46. The van der Waals surface area contributed by atoms with E-state index in [0.717, 1.165) is 4.47 Å². The van der Waals surface area contributed by atoms with Crippen LogP contribution in [0.5, 0.6) is 0 Å². The van der Waals surface area contributed by atoms with Crippen LogP contribution in [0.3, 0.4) is 0 Å². The van der Waals surface area contributed by atoms with E-state index in [1.54, 1.807) is 18.2 Å². The van der Waals surface area contributed by atoms with Crippen LogP contribution in [-0.2, 0) is 0 Å². The predicted molar refractivity (Wildman–Crippen MR) is 61.6 cm³/mol. The van der Waals surface area contributed by atoms with E-state index < -0.39 is 5.97 Å². The topological polar surface area (TPSA) is 63.3 Å². The van der Waals surface area contributed by atoms with Gasteiger partial charge < -0.3 is 9.63 Å². The molecule has 0 fully saturated rings. The third-order valence-electron chi connectivity index (χ3n) is 1.94. The lowest BCUT2D eigenvalue weighted by molar-refractivity contribution is 0.0652. The van der Waals surface area contributed by atoms with Crippen molar-refractivity contribution in [1.29, 1.82) is 0 Å². The minimum absolute atomic E-state index is 0.221. The van der Waals surface area contributed by atoms with E-state index in [9.17, 15) is 4.79 Å². The molecule has 2 rings (SSSR count). The van der Waals surface area contributed by atoms with Crippen LogP contribution < -0.4 is 0 Å². The molecule has 1 aromatic carbocycles. The monoisotopic (exact) mass is 301 g/mol. The molecule has 0 saturated carbocycles. The molecule has 0 bridgehead atoms. The van der Waals surface area contributed by atoms with Crippen LogP contribution in [0.1, 0.15) is 10.6 Å². The molecule has 16 heavy (non-hydrogen) atoms. The number of hydrogen-bond donors (Lipinski definition) is 1. The van der Waals surface area contributed by atoms with Gasteiger partial charge in [-0.15, -0.1) is 0 Å². The summed E-state index contributed by atoms with van der Waals surface area (Å²) >= 11 is 9.31. The zero-order chi connectivity index (χ0) is 11.7. The lowest BCUT2D eigenvalue weighted by Gasteiger charge is -2.01. The summed E-state index contributed by atoms with van der Waals surface area (Å²) in [6, 6.07) is 6.58. The number of carboxylic acids is 1. The second-order valence-corrected chi connectivity index (χ2v) is 4.24. The summed E-state index contributed by atoms with van der Waals surface area (Å²) in [5.74, 6) is -1.39. The van der Waals surface area contributed by atoms with Crippen LogP contribution >= 0.6 is 27.5 Å². The van der Waals surface area contributed by atoms with E-state index in [1.807, 2.05) is 0 Å². The van der Waals surface area contributed by atoms with Crippen molar-refractivity contribution in [3.8, 4) is 11.3 Å². The number of carboxylic acid groups (broad SMARTS) is 1. The van der Waals surface area contributed by atoms with Gasteiger partial charge in [-0.3, -0.25) is 0 Å². The van der Waals surface area contributed by atoms with Gasteiger partial charge in [0.25, 0.3) is 0 Å². The maximum absolute atomic E-state index is 10.6. The Kier molecular flexibility index (Phi) is 2.98. The number of hydrogen-bond acceptors (Lipinski definition) is 3. The first-order valence-corrected chi connectivity index (χ1v) is 5.41. The summed E-state index contributed by atoms with van der Waals surface area (Å²) in [5.41, 5.74) is 0.996. The Labute approximate surface area is 104 Å². The first kappa shape index (κ1) is 11.2. The van der Waals surface area contributed by atoms with Crippen molar-refractivity contribution in [2.45, 2.75) is 0 Å². The number of benzene rings is 1. The number of aromatic carboxylic acids is 1. The minimum atomic E-state index is -1.16. The van der Waals surface area contributed by atoms with E-state index in [0.29, 0.717) is 16.3 Å². The molecule has 82 valence electrons. The Bertz CT molecular complexity index is 532. The van der Waals surface area contributed by atoms with Crippen LogP contribution in [0.4, 0.5) is 0 Å². The van der Waals surface area contributed by atoms with Crippen molar-refractivity contribution in [2.75, 3.05) is 0 Å². The van der Waals surface area contributed by atoms with Gasteiger partial charge in [0.05, 0.1) is 5.02 Å². The first-order valence-electron chi connectivity index (χ1n) is 4.24. The summed E-state index contributed by atoms with van der Waals surface area (Å²) in [6.07, 6.45) is 0. The lowest BCUT2D eigenvalue weighted by atomic mass is 10.1. The lowest BCUT2D eigenvalue weighted by Crippen LogP contribution is -1.91. The zero-order valence-corrected chi connectivity index (χ0v) is 10.1. The Morgan fingerprint density at radius 1 is 1.50 bits per heavy atom. The van der Waals surface area contributed by atoms with Crippen molar-refractivity contribution >= 4 is 33.5 Å². The van der Waals surface area contributed by atoms with Gasteiger partial charge in [0, 0.05) is 16.1 Å². The quantitative estimate of drug-likeness (QED) is 0.923. The van der Waals surface area contributed by atoms with Gasteiger partial charge >= 0.3 is 5.97 Å². The van der Waals surface area contributed by atoms with E-state index in [2.05, 4.69) is 25.6 Å². The van der Waals surface area contributed by atoms with Gasteiger partial charge in [0.2, 0.25) is 5.76 Å². The Hall–Kier alpha value is -1.33. The van der Waals surface area contributed by atoms with Crippen LogP contribution in [0.25, 0.3) is 11.3 Å². The first-order chi connectivity index (χ1) is 7.59. The van der Waals surface area contributed by atoms with Crippen LogP contribution in [-0.4, -0.2) is 16.2 Å². The van der Waals surface area contributed by atoms with E-state index in [4.69, 9.17) is 16.7 Å². The number of halogens is 2. The molecule has 1 heterocycles. The highest BCUT2D eigenvalue weighted by molar-refractivity contribution is 9.10. The average molecular weight is 303 g/mol. The van der Waals surface area contributed by atoms with Crippen molar-refractivity contribution in [2.24, 2.45) is 0 Å². The number of carbonyl (C=O) groups is 1. The fourth-order valence-electron chi connectivity index (χ4n) is 1.24. The molecule has 0 aliphatic carbocycles. The second kappa shape index (κ2) is 4.27. The fraction of sp³-hybridized carbons (Fsp3) is 0. The molecule has 4 nitrogen and oxygen atoms in total. The van der Waals surface area contributed by atoms with Gasteiger partial charge in [-0.25, -0.2) is 4.79 Å². The summed E-state index contributed by atoms with van der Waals surface area (Å²) in [4.78, 5) is 10.6. The zero-order valence-electron chi connectivity index (χ0n) is 7.78. The SMILES string of the molecule is O=C(O)c1cc(-c2c(Cl)cccc2Br)no1. The molecule has 0 unspecified atom stereocenters. The molecular formula is C10H5BrClNO3. The minimum Gasteiger partial charge on any atom is -0.475 e. The molecule has 1 N–H and O–H groups in total. The third-order valence-corrected chi connectivity index (χ3v) is 2.92. The molecule has 0 saturated heterocycles. The van der Waals surface area contributed by atoms with Crippen LogP contribution in [0.2, 0.25) is 5.02 Å². The van der Waals surface area contributed by atoms with Crippen molar-refractivity contribution < 1.29 is 14.4 Å². The van der Waals surface area contributed by atoms with Gasteiger partial charge in [-0.1, -0.05) is 38.8 Å². The molecule has 0 aliphatic rings. The van der Waals surface area contributed by atoms with Gasteiger partial charge in [-0.05, 0) is 12.1 Å². The highest BCUT2D eigenvalue weighted by Gasteiger charge is 2.16. The third kappa shape index (κ3) is 1.96. The fourth-order valence-corrected chi connectivity index (χ4v) is 2.19. The molecule has 6 heteroatoms. The van der Waals surface area contributed by atoms with E-state index in [1.165, 1.54) is 6.07 Å². The largest absolute Gasteiger partial charge is 0.475 e. The standard InChI is InChI=1S/C10H5BrClNO3/c11-5-2-1-3-6(12)9(5)7-4-8(10(14)15)16-13-7/h1-4H,(H,14,15). The van der Waals surface area contributed by atoms with Crippen molar-refractivity contribution in [3.63, 3.8) is 0 Å². The van der Waals surface area contributed by atoms with Gasteiger partial charge in [-0.2, -0.15) is 0 Å². The highest BCUT2D eigenvalue weighted by atomic mass is 79.9. The number of nitrogens with zero attached hydrogens (tertiary/aromatic N) is 1. The molecule has 0 atom stereocenters. The van der Waals surface area contributed by atoms with E-state index in [-0.39, 0.29) is 5.76 Å². The normalized spacial score (nSPS) is 10.4. The second-order valence-electron chi connectivity index (χ2n) is 2.98. The molecule has 1 aromatic heterocycles. The summed E-state index contributed by atoms with van der Waals surface area (Å²) in [7, 11) is 0. The maximum atomic E-state index is 10.6. The van der Waals surface area contributed by atoms with Crippen molar-refractivity contribution in [1.82, 2.24) is 5.16 Å². The Morgan fingerprint density at radius 3 is 2.81 bits per heavy atom. The van der Waals surface area contributed by atoms with Crippen LogP contribution in [0, 0.1) is 0 Å². The number of rotatable bonds is 2. The Balaban J connectivity index is 2.54. The molecule has 0 amide bonds. The van der Waals surface area contributed by atoms with E-state index >= 15 is 0 Å². The molecule has 0 aliphatic heterocycles. The summed E-state index contributed by atoms with van der Waals surface area (Å²) < 4.78 is 5.39. The maximum Gasteiger partial charge on any atom is 0.374 e. The van der Waals surface area contributed by atoms with Crippen molar-refractivity contribution in [3.05, 3.63) is 39.5 Å². The molecular weight excluding hydrogens is 297 g/mol. The smallest absolute Gasteiger partial charge is 0.374 e. The number of aromatic nitrogens is 1. The molecule has 0 radical (unpaired) electrons. The molecule has 0 spiro atoms. The Morgan fingerprint density at radius 2 is 2.25 bits per heavy atom. The van der Waals surface area contributed by atoms with Gasteiger partial charge in [0.15, 0.2) is 0 Å². The highest BCUT2D eigenvalue weighted by Crippen LogP contribution is 2.34. The van der Waals surface area contributed by atoms with Gasteiger partial charge in [0.1, 0.15) is 5.69 Å². The average Bonchev–Trinajstić information content (AvgIpc) is 2.66.